The highest BCUT2D eigenvalue weighted by atomic mass is 19.1. The van der Waals surface area contributed by atoms with E-state index in [1.54, 1.807) is 13.8 Å². The maximum Gasteiger partial charge on any atom is 0.338 e. The number of ether oxygens (including phenoxy) is 1. The number of aliphatic hydroxyl groups is 2. The molecule has 2 N–H and O–H groups in total. The Kier molecular flexibility index (Phi) is 4.26. The molecule has 0 heterocycles. The molecule has 3 saturated carbocycles. The van der Waals surface area contributed by atoms with Crippen LogP contribution in [0.4, 0.5) is 8.78 Å². The fourth-order valence-electron chi connectivity index (χ4n) is 7.13. The van der Waals surface area contributed by atoms with Gasteiger partial charge in [0, 0.05) is 16.7 Å². The van der Waals surface area contributed by atoms with Gasteiger partial charge in [-0.25, -0.2) is 13.6 Å². The molecule has 0 spiro atoms. The number of carbonyl (C=O) groups excluding carboxylic acids is 2. The molecule has 5 nitrogen and oxygen atoms in total. The first-order valence-electron chi connectivity index (χ1n) is 10.1. The third kappa shape index (κ3) is 2.16. The zero-order valence-electron chi connectivity index (χ0n) is 17.1. The molecule has 4 aliphatic carbocycles. The second kappa shape index (κ2) is 5.97. The van der Waals surface area contributed by atoms with Crippen LogP contribution in [0.3, 0.4) is 0 Å². The highest BCUT2D eigenvalue weighted by molar-refractivity contribution is 6.01. The van der Waals surface area contributed by atoms with Crippen LogP contribution in [0, 0.1) is 28.6 Å². The summed E-state index contributed by atoms with van der Waals surface area (Å²) >= 11 is 0. The zero-order valence-corrected chi connectivity index (χ0v) is 17.1. The number of fused-ring (bicyclic) bond motifs is 5. The molecule has 29 heavy (non-hydrogen) atoms. The summed E-state index contributed by atoms with van der Waals surface area (Å²) in [5, 5.41) is 22.5. The number of carbonyl (C=O) groups is 2. The first kappa shape index (κ1) is 20.7. The number of hydrogen-bond donors (Lipinski definition) is 2. The van der Waals surface area contributed by atoms with Crippen LogP contribution in [-0.4, -0.2) is 52.6 Å². The lowest BCUT2D eigenvalue weighted by Gasteiger charge is -2.62. The van der Waals surface area contributed by atoms with E-state index in [-0.39, 0.29) is 18.4 Å². The van der Waals surface area contributed by atoms with Crippen molar-refractivity contribution in [2.24, 2.45) is 28.6 Å². The van der Waals surface area contributed by atoms with Gasteiger partial charge in [0.1, 0.15) is 6.17 Å². The van der Waals surface area contributed by atoms with Crippen LogP contribution >= 0.6 is 0 Å². The highest BCUT2D eigenvalue weighted by Crippen LogP contribution is 2.70. The van der Waals surface area contributed by atoms with Gasteiger partial charge in [0.15, 0.2) is 17.1 Å². The van der Waals surface area contributed by atoms with Crippen molar-refractivity contribution in [1.29, 1.82) is 0 Å². The van der Waals surface area contributed by atoms with Gasteiger partial charge < -0.3 is 14.9 Å². The Morgan fingerprint density at radius 2 is 1.93 bits per heavy atom. The molecule has 0 aromatic rings. The van der Waals surface area contributed by atoms with E-state index in [2.05, 4.69) is 0 Å². The van der Waals surface area contributed by atoms with E-state index >= 15 is 8.78 Å². The van der Waals surface area contributed by atoms with Crippen molar-refractivity contribution in [3.63, 3.8) is 0 Å². The summed E-state index contributed by atoms with van der Waals surface area (Å²) in [4.78, 5) is 24.4. The van der Waals surface area contributed by atoms with Crippen molar-refractivity contribution in [2.75, 3.05) is 7.11 Å². The van der Waals surface area contributed by atoms with E-state index in [4.69, 9.17) is 4.74 Å². The van der Waals surface area contributed by atoms with E-state index in [0.29, 0.717) is 6.42 Å². The second-order valence-electron chi connectivity index (χ2n) is 9.75. The van der Waals surface area contributed by atoms with Gasteiger partial charge in [0.05, 0.1) is 13.2 Å². The number of hydrogen-bond acceptors (Lipinski definition) is 5. The van der Waals surface area contributed by atoms with Gasteiger partial charge in [-0.05, 0) is 55.7 Å². The molecule has 9 atom stereocenters. The molecule has 2 unspecified atom stereocenters. The van der Waals surface area contributed by atoms with Crippen molar-refractivity contribution >= 4 is 11.8 Å². The van der Waals surface area contributed by atoms with Crippen molar-refractivity contribution < 1.29 is 33.3 Å². The van der Waals surface area contributed by atoms with Gasteiger partial charge in [-0.3, -0.25) is 4.79 Å². The standard InChI is InChI=1S/C22H28F2O5/c1-11-7-13-14-9-16(23)15-8-12(25)5-6-19(15,2)21(14,24)17(26)10-20(13,3)22(11,28)18(27)29-4/h5-6,8,11,13-14,16-17,26,28H,7,9-10H2,1-4H3/t11-,13?,14?,16+,17+,19+,20+,21+,22+/m1/s1. The number of halogens is 2. The molecule has 0 bridgehead atoms. The summed E-state index contributed by atoms with van der Waals surface area (Å²) in [6.45, 7) is 4.90. The first-order chi connectivity index (χ1) is 13.4. The van der Waals surface area contributed by atoms with Crippen LogP contribution in [-0.2, 0) is 14.3 Å². The Labute approximate surface area is 168 Å². The predicted molar refractivity (Wildman–Crippen MR) is 100 cm³/mol. The van der Waals surface area contributed by atoms with Crippen molar-refractivity contribution in [3.8, 4) is 0 Å². The van der Waals surface area contributed by atoms with E-state index < -0.39 is 63.9 Å². The van der Waals surface area contributed by atoms with E-state index in [1.165, 1.54) is 26.2 Å². The van der Waals surface area contributed by atoms with Gasteiger partial charge in [-0.15, -0.1) is 0 Å². The molecule has 7 heteroatoms. The second-order valence-corrected chi connectivity index (χ2v) is 9.75. The van der Waals surface area contributed by atoms with E-state index in [1.807, 2.05) is 0 Å². The normalized spacial score (nSPS) is 53.6. The summed E-state index contributed by atoms with van der Waals surface area (Å²) in [7, 11) is 1.18. The van der Waals surface area contributed by atoms with Crippen LogP contribution < -0.4 is 0 Å². The molecule has 0 radical (unpaired) electrons. The summed E-state index contributed by atoms with van der Waals surface area (Å²) < 4.78 is 37.0. The maximum atomic E-state index is 16.9. The number of aliphatic hydroxyl groups excluding tert-OH is 1. The quantitative estimate of drug-likeness (QED) is 0.649. The average molecular weight is 410 g/mol. The number of esters is 1. The zero-order chi connectivity index (χ0) is 21.6. The van der Waals surface area contributed by atoms with Crippen LogP contribution in [0.1, 0.15) is 40.0 Å². The van der Waals surface area contributed by atoms with Crippen molar-refractivity contribution in [1.82, 2.24) is 0 Å². The first-order valence-corrected chi connectivity index (χ1v) is 10.1. The van der Waals surface area contributed by atoms with E-state index in [9.17, 15) is 19.8 Å². The lowest BCUT2D eigenvalue weighted by molar-refractivity contribution is -0.230. The molecule has 3 fully saturated rings. The molecule has 4 rings (SSSR count). The Bertz CT molecular complexity index is 839. The minimum absolute atomic E-state index is 0.0562. The number of alkyl halides is 2. The molecule has 0 aliphatic heterocycles. The summed E-state index contributed by atoms with van der Waals surface area (Å²) in [5.41, 5.74) is -6.69. The SMILES string of the molecule is COC(=O)[C@@]1(O)[C@H](C)CC2C3C[C@H](F)C4=CC(=O)C=C[C@]4(C)[C@@]3(F)[C@@H](O)C[C@@]21C. The number of allylic oxidation sites excluding steroid dienone is 4. The number of ketones is 1. The summed E-state index contributed by atoms with van der Waals surface area (Å²) in [6.07, 6.45) is 0.597. The Balaban J connectivity index is 1.87. The van der Waals surface area contributed by atoms with Crippen LogP contribution in [0.15, 0.2) is 23.8 Å². The van der Waals surface area contributed by atoms with Crippen molar-refractivity contribution in [3.05, 3.63) is 23.8 Å². The fraction of sp³-hybridized carbons (Fsp3) is 0.727. The maximum absolute atomic E-state index is 16.9. The molecular weight excluding hydrogens is 382 g/mol. The summed E-state index contributed by atoms with van der Waals surface area (Å²) in [5.74, 6) is -3.20. The topological polar surface area (TPSA) is 83.8 Å². The van der Waals surface area contributed by atoms with Gasteiger partial charge in [-0.1, -0.05) is 19.9 Å². The Hall–Kier alpha value is -1.60. The molecule has 0 amide bonds. The van der Waals surface area contributed by atoms with Gasteiger partial charge in [0.2, 0.25) is 0 Å². The molecule has 0 saturated heterocycles. The summed E-state index contributed by atoms with van der Waals surface area (Å²) in [6, 6.07) is 0. The van der Waals surface area contributed by atoms with Crippen molar-refractivity contribution in [2.45, 2.75) is 63.6 Å². The lowest BCUT2D eigenvalue weighted by Crippen LogP contribution is -2.70. The number of methoxy groups -OCH3 is 1. The third-order valence-corrected chi connectivity index (χ3v) is 8.71. The van der Waals surface area contributed by atoms with Gasteiger partial charge in [-0.2, -0.15) is 0 Å². The highest BCUT2D eigenvalue weighted by Gasteiger charge is 2.77. The largest absolute Gasteiger partial charge is 0.467 e. The van der Waals surface area contributed by atoms with E-state index in [0.717, 1.165) is 6.08 Å². The molecular formula is C22H28F2O5. The predicted octanol–water partition coefficient (Wildman–Crippen LogP) is 2.46. The number of rotatable bonds is 1. The molecule has 0 aromatic heterocycles. The van der Waals surface area contributed by atoms with Gasteiger partial charge in [0.25, 0.3) is 0 Å². The lowest BCUT2D eigenvalue weighted by atomic mass is 9.44. The molecule has 0 aromatic carbocycles. The van der Waals surface area contributed by atoms with Gasteiger partial charge >= 0.3 is 5.97 Å². The van der Waals surface area contributed by atoms with Crippen LogP contribution in [0.5, 0.6) is 0 Å². The molecule has 4 aliphatic rings. The Morgan fingerprint density at radius 3 is 2.55 bits per heavy atom. The third-order valence-electron chi connectivity index (χ3n) is 8.71. The Morgan fingerprint density at radius 1 is 1.28 bits per heavy atom. The smallest absolute Gasteiger partial charge is 0.338 e. The van der Waals surface area contributed by atoms with Crippen LogP contribution in [0.25, 0.3) is 0 Å². The monoisotopic (exact) mass is 410 g/mol. The minimum Gasteiger partial charge on any atom is -0.467 e. The average Bonchev–Trinajstić information content (AvgIpc) is 2.86. The van der Waals surface area contributed by atoms with Crippen LogP contribution in [0.2, 0.25) is 0 Å². The minimum atomic E-state index is -2.22. The molecule has 160 valence electrons. The fourth-order valence-corrected chi connectivity index (χ4v) is 7.13.